The molecule has 0 amide bonds. The number of carbonyl (C=O) groups is 3. The van der Waals surface area contributed by atoms with E-state index in [1.54, 1.807) is 66.7 Å². The van der Waals surface area contributed by atoms with Crippen LogP contribution in [0.3, 0.4) is 0 Å². The Morgan fingerprint density at radius 3 is 1.77 bits per heavy atom. The summed E-state index contributed by atoms with van der Waals surface area (Å²) in [4.78, 5) is 66.6. The number of nitrogens with zero attached hydrogens (tertiary/aromatic N) is 1. The van der Waals surface area contributed by atoms with E-state index >= 15 is 0 Å². The topological polar surface area (TPSA) is 143 Å². The smallest absolute Gasteiger partial charge is 0.338 e. The van der Waals surface area contributed by atoms with Gasteiger partial charge in [0.25, 0.3) is 5.56 Å². The van der Waals surface area contributed by atoms with Gasteiger partial charge in [-0.15, -0.1) is 0 Å². The van der Waals surface area contributed by atoms with Gasteiger partial charge in [0.1, 0.15) is 12.7 Å². The molecule has 1 aliphatic heterocycles. The van der Waals surface area contributed by atoms with Crippen molar-refractivity contribution in [1.82, 2.24) is 9.55 Å². The highest BCUT2D eigenvalue weighted by atomic mass is 16.7. The fraction of sp³-hybridized carbons (Fsp3) is 0.156. The van der Waals surface area contributed by atoms with E-state index in [-0.39, 0.29) is 22.3 Å². The van der Waals surface area contributed by atoms with Crippen LogP contribution in [-0.2, 0) is 18.9 Å². The quantitative estimate of drug-likeness (QED) is 0.232. The first-order valence-electron chi connectivity index (χ1n) is 13.2. The van der Waals surface area contributed by atoms with E-state index in [0.29, 0.717) is 0 Å². The molecule has 5 rings (SSSR count). The van der Waals surface area contributed by atoms with Gasteiger partial charge in [-0.2, -0.15) is 0 Å². The van der Waals surface area contributed by atoms with Crippen molar-refractivity contribution in [3.8, 4) is 0 Å². The van der Waals surface area contributed by atoms with Crippen molar-refractivity contribution in [3.05, 3.63) is 147 Å². The summed E-state index contributed by atoms with van der Waals surface area (Å²) >= 11 is 0. The third-order valence-electron chi connectivity index (χ3n) is 6.67. The summed E-state index contributed by atoms with van der Waals surface area (Å²) in [6.45, 7) is 3.16. The number of ether oxygens (including phenoxy) is 4. The second-order valence-corrected chi connectivity index (χ2v) is 9.46. The van der Waals surface area contributed by atoms with Crippen molar-refractivity contribution in [2.45, 2.75) is 24.5 Å². The molecular formula is C32H26N2O9. The molecule has 0 bridgehead atoms. The average Bonchev–Trinajstić information content (AvgIpc) is 3.36. The number of aromatic nitrogens is 2. The van der Waals surface area contributed by atoms with Crippen molar-refractivity contribution in [2.24, 2.45) is 0 Å². The lowest BCUT2D eigenvalue weighted by atomic mass is 10.1. The zero-order valence-electron chi connectivity index (χ0n) is 22.7. The first-order chi connectivity index (χ1) is 20.9. The summed E-state index contributed by atoms with van der Waals surface area (Å²) in [6.07, 6.45) is -2.92. The number of carbonyl (C=O) groups excluding carboxylic acids is 3. The lowest BCUT2D eigenvalue weighted by Gasteiger charge is -2.25. The average molecular weight is 583 g/mol. The summed E-state index contributed by atoms with van der Waals surface area (Å²) in [5.74, 6) is -2.23. The number of esters is 3. The second kappa shape index (κ2) is 13.0. The molecule has 11 heteroatoms. The highest BCUT2D eigenvalue weighted by Gasteiger charge is 2.51. The third-order valence-corrected chi connectivity index (χ3v) is 6.67. The summed E-state index contributed by atoms with van der Waals surface area (Å²) in [5, 5.41) is 0. The molecule has 1 N–H and O–H groups in total. The normalized spacial score (nSPS) is 19.3. The molecule has 218 valence electrons. The van der Waals surface area contributed by atoms with Gasteiger partial charge < -0.3 is 18.9 Å². The van der Waals surface area contributed by atoms with Crippen molar-refractivity contribution < 1.29 is 33.3 Å². The van der Waals surface area contributed by atoms with Gasteiger partial charge in [0, 0.05) is 6.20 Å². The largest absolute Gasteiger partial charge is 0.459 e. The molecule has 4 aromatic rings. The molecule has 0 radical (unpaired) electrons. The van der Waals surface area contributed by atoms with Gasteiger partial charge in [-0.3, -0.25) is 14.3 Å². The van der Waals surface area contributed by atoms with E-state index in [4.69, 9.17) is 18.9 Å². The van der Waals surface area contributed by atoms with Crippen molar-refractivity contribution >= 4 is 24.0 Å². The predicted molar refractivity (Wildman–Crippen MR) is 153 cm³/mol. The highest BCUT2D eigenvalue weighted by Crippen LogP contribution is 2.35. The fourth-order valence-corrected chi connectivity index (χ4v) is 4.52. The molecule has 3 aromatic carbocycles. The van der Waals surface area contributed by atoms with Crippen LogP contribution in [0.4, 0.5) is 0 Å². The third kappa shape index (κ3) is 6.52. The molecule has 4 atom stereocenters. The summed E-state index contributed by atoms with van der Waals surface area (Å²) < 4.78 is 24.3. The van der Waals surface area contributed by atoms with Gasteiger partial charge in [-0.1, -0.05) is 67.3 Å². The maximum absolute atomic E-state index is 13.2. The molecular weight excluding hydrogens is 556 g/mol. The minimum absolute atomic E-state index is 0.0353. The monoisotopic (exact) mass is 582 g/mol. The van der Waals surface area contributed by atoms with Gasteiger partial charge in [-0.05, 0) is 36.4 Å². The van der Waals surface area contributed by atoms with E-state index in [9.17, 15) is 24.0 Å². The van der Waals surface area contributed by atoms with Crippen LogP contribution < -0.4 is 11.2 Å². The Balaban J connectivity index is 1.53. The Morgan fingerprint density at radius 2 is 1.26 bits per heavy atom. The van der Waals surface area contributed by atoms with E-state index < -0.39 is 60.3 Å². The van der Waals surface area contributed by atoms with Gasteiger partial charge in [-0.25, -0.2) is 19.2 Å². The maximum Gasteiger partial charge on any atom is 0.338 e. The molecule has 43 heavy (non-hydrogen) atoms. The SMILES string of the molecule is C=Cc1cn(C2OC(COC(=O)c3ccccc3)C(OC(=O)c3ccccc3)C2OC(=O)c2ccccc2)c(=O)[nH]c1=O. The lowest BCUT2D eigenvalue weighted by molar-refractivity contribution is -0.0640. The Kier molecular flexibility index (Phi) is 8.73. The molecule has 1 aromatic heterocycles. The van der Waals surface area contributed by atoms with Crippen LogP contribution in [0, 0.1) is 0 Å². The molecule has 1 aliphatic rings. The van der Waals surface area contributed by atoms with E-state index in [1.807, 2.05) is 0 Å². The van der Waals surface area contributed by atoms with Crippen molar-refractivity contribution in [1.29, 1.82) is 0 Å². The summed E-state index contributed by atoms with van der Waals surface area (Å²) in [7, 11) is 0. The molecule has 1 fully saturated rings. The van der Waals surface area contributed by atoms with Crippen LogP contribution in [0.5, 0.6) is 0 Å². The highest BCUT2D eigenvalue weighted by molar-refractivity contribution is 5.91. The van der Waals surface area contributed by atoms with Crippen LogP contribution in [0.25, 0.3) is 6.08 Å². The minimum atomic E-state index is -1.41. The van der Waals surface area contributed by atoms with Gasteiger partial charge >= 0.3 is 23.6 Å². The molecule has 4 unspecified atom stereocenters. The number of hydrogen-bond acceptors (Lipinski definition) is 9. The molecule has 1 saturated heterocycles. The fourth-order valence-electron chi connectivity index (χ4n) is 4.52. The minimum Gasteiger partial charge on any atom is -0.459 e. The molecule has 2 heterocycles. The standard InChI is InChI=1S/C32H26N2O9/c1-2-20-18-34(32(39)33-27(20)35)28-26(43-31(38)23-16-10-5-11-17-23)25(42-30(37)22-14-8-4-9-15-22)24(41-28)19-40-29(36)21-12-6-3-7-13-21/h2-18,24-26,28H,1,19H2,(H,33,35,39). The van der Waals surface area contributed by atoms with Crippen LogP contribution >= 0.6 is 0 Å². The van der Waals surface area contributed by atoms with E-state index in [0.717, 1.165) is 4.57 Å². The predicted octanol–water partition coefficient (Wildman–Crippen LogP) is 3.39. The van der Waals surface area contributed by atoms with Crippen molar-refractivity contribution in [2.75, 3.05) is 6.61 Å². The Hall–Kier alpha value is -5.55. The van der Waals surface area contributed by atoms with E-state index in [2.05, 4.69) is 11.6 Å². The van der Waals surface area contributed by atoms with Crippen LogP contribution in [0.1, 0.15) is 42.9 Å². The number of H-pyrrole nitrogens is 1. The van der Waals surface area contributed by atoms with Gasteiger partial charge in [0.15, 0.2) is 18.4 Å². The first kappa shape index (κ1) is 29.0. The van der Waals surface area contributed by atoms with E-state index in [1.165, 1.54) is 36.5 Å². The maximum atomic E-state index is 13.2. The molecule has 0 aliphatic carbocycles. The number of aromatic amines is 1. The number of rotatable bonds is 9. The number of hydrogen-bond donors (Lipinski definition) is 1. The summed E-state index contributed by atoms with van der Waals surface area (Å²) in [5.41, 5.74) is -0.866. The Morgan fingerprint density at radius 1 is 0.767 bits per heavy atom. The zero-order chi connectivity index (χ0) is 30.3. The van der Waals surface area contributed by atoms with Crippen LogP contribution in [0.2, 0.25) is 0 Å². The zero-order valence-corrected chi connectivity index (χ0v) is 22.7. The Labute approximate surface area is 244 Å². The van der Waals surface area contributed by atoms with Crippen molar-refractivity contribution in [3.63, 3.8) is 0 Å². The number of benzene rings is 3. The van der Waals surface area contributed by atoms with Crippen LogP contribution in [0.15, 0.2) is 113 Å². The second-order valence-electron chi connectivity index (χ2n) is 9.46. The summed E-state index contributed by atoms with van der Waals surface area (Å²) in [6, 6.07) is 24.3. The van der Waals surface area contributed by atoms with Gasteiger partial charge in [0.05, 0.1) is 22.3 Å². The first-order valence-corrected chi connectivity index (χ1v) is 13.2. The molecule has 0 spiro atoms. The lowest BCUT2D eigenvalue weighted by Crippen LogP contribution is -2.43. The van der Waals surface area contributed by atoms with Crippen LogP contribution in [-0.4, -0.2) is 52.4 Å². The Bertz CT molecular complexity index is 1730. The van der Waals surface area contributed by atoms with Gasteiger partial charge in [0.2, 0.25) is 0 Å². The molecule has 11 nitrogen and oxygen atoms in total. The molecule has 0 saturated carbocycles. The number of nitrogens with one attached hydrogen (secondary N) is 1.